The van der Waals surface area contributed by atoms with E-state index in [1.165, 1.54) is 22.2 Å². The van der Waals surface area contributed by atoms with Gasteiger partial charge >= 0.3 is 0 Å². The average molecular weight is 455 g/mol. The maximum absolute atomic E-state index is 13.3. The first-order chi connectivity index (χ1) is 14.9. The third kappa shape index (κ3) is 4.67. The smallest absolute Gasteiger partial charge is 0.260 e. The summed E-state index contributed by atoms with van der Waals surface area (Å²) in [5.74, 6) is 0.285. The van der Waals surface area contributed by atoms with Crippen molar-refractivity contribution in [2.75, 3.05) is 6.54 Å². The molecule has 2 aromatic carbocycles. The Bertz CT molecular complexity index is 1100. The van der Waals surface area contributed by atoms with E-state index in [1.807, 2.05) is 42.8 Å². The molecule has 1 unspecified atom stereocenters. The normalized spacial score (nSPS) is 16.9. The molecule has 0 radical (unpaired) electrons. The molecule has 0 spiro atoms. The van der Waals surface area contributed by atoms with Crippen LogP contribution in [0.25, 0.3) is 11.4 Å². The number of halogens is 1. The van der Waals surface area contributed by atoms with Gasteiger partial charge < -0.3 is 4.57 Å². The van der Waals surface area contributed by atoms with Crippen molar-refractivity contribution < 1.29 is 9.59 Å². The summed E-state index contributed by atoms with van der Waals surface area (Å²) in [5, 5.41) is 9.48. The van der Waals surface area contributed by atoms with Gasteiger partial charge in [0.25, 0.3) is 5.91 Å². The van der Waals surface area contributed by atoms with Gasteiger partial charge in [0.15, 0.2) is 11.0 Å². The van der Waals surface area contributed by atoms with Gasteiger partial charge in [-0.15, -0.1) is 10.2 Å². The lowest BCUT2D eigenvalue weighted by Gasteiger charge is -2.22. The molecule has 1 fully saturated rings. The molecule has 0 bridgehead atoms. The molecular formula is C23H23ClN4O2S. The Balaban J connectivity index is 1.54. The van der Waals surface area contributed by atoms with Crippen LogP contribution in [0, 0.1) is 6.92 Å². The number of rotatable bonds is 4. The zero-order valence-electron chi connectivity index (χ0n) is 17.4. The van der Waals surface area contributed by atoms with Gasteiger partial charge in [0, 0.05) is 29.7 Å². The van der Waals surface area contributed by atoms with Crippen molar-refractivity contribution in [1.29, 1.82) is 0 Å². The molecule has 31 heavy (non-hydrogen) atoms. The number of likely N-dealkylation sites (tertiary alicyclic amines) is 1. The van der Waals surface area contributed by atoms with Crippen molar-refractivity contribution >= 4 is 35.2 Å². The average Bonchev–Trinajstić information content (AvgIpc) is 3.02. The Morgan fingerprint density at radius 2 is 1.77 bits per heavy atom. The summed E-state index contributed by atoms with van der Waals surface area (Å²) in [4.78, 5) is 27.6. The standard InChI is InChI=1S/C23H23ClN4O2S/c1-15-6-8-16(9-7-15)20-25-26-23(27(20)2)31-19-5-3-4-14-28(22(19)30)21(29)17-10-12-18(24)13-11-17/h6-13,19H,3-5,14H2,1-2H3. The number of amides is 2. The summed E-state index contributed by atoms with van der Waals surface area (Å²) in [5.41, 5.74) is 2.61. The van der Waals surface area contributed by atoms with E-state index in [1.54, 1.807) is 24.3 Å². The Labute approximate surface area is 190 Å². The van der Waals surface area contributed by atoms with E-state index >= 15 is 0 Å². The number of thioether (sulfide) groups is 1. The van der Waals surface area contributed by atoms with Crippen molar-refractivity contribution in [1.82, 2.24) is 19.7 Å². The van der Waals surface area contributed by atoms with Crippen LogP contribution in [-0.2, 0) is 11.8 Å². The van der Waals surface area contributed by atoms with Gasteiger partial charge in [-0.3, -0.25) is 14.5 Å². The number of benzene rings is 2. The van der Waals surface area contributed by atoms with Gasteiger partial charge in [-0.1, -0.05) is 59.6 Å². The van der Waals surface area contributed by atoms with E-state index in [-0.39, 0.29) is 17.1 Å². The number of hydrogen-bond acceptors (Lipinski definition) is 5. The first kappa shape index (κ1) is 21.6. The third-order valence-corrected chi connectivity index (χ3v) is 6.91. The van der Waals surface area contributed by atoms with Crippen LogP contribution in [0.5, 0.6) is 0 Å². The summed E-state index contributed by atoms with van der Waals surface area (Å²) in [6, 6.07) is 14.7. The summed E-state index contributed by atoms with van der Waals surface area (Å²) >= 11 is 7.30. The first-order valence-corrected chi connectivity index (χ1v) is 11.4. The molecule has 3 aromatic rings. The van der Waals surface area contributed by atoms with Crippen LogP contribution in [0.3, 0.4) is 0 Å². The highest BCUT2D eigenvalue weighted by molar-refractivity contribution is 8.00. The monoisotopic (exact) mass is 454 g/mol. The highest BCUT2D eigenvalue weighted by Crippen LogP contribution is 2.31. The zero-order chi connectivity index (χ0) is 22.0. The van der Waals surface area contributed by atoms with Crippen LogP contribution in [0.2, 0.25) is 5.02 Å². The van der Waals surface area contributed by atoms with E-state index in [2.05, 4.69) is 10.2 Å². The Hall–Kier alpha value is -2.64. The fraction of sp³-hybridized carbons (Fsp3) is 0.304. The van der Waals surface area contributed by atoms with E-state index < -0.39 is 0 Å². The summed E-state index contributed by atoms with van der Waals surface area (Å²) < 4.78 is 1.90. The van der Waals surface area contributed by atoms with E-state index in [0.717, 1.165) is 24.2 Å². The molecule has 8 heteroatoms. The van der Waals surface area contributed by atoms with Crippen LogP contribution >= 0.6 is 23.4 Å². The van der Waals surface area contributed by atoms with Gasteiger partial charge in [-0.05, 0) is 44.0 Å². The molecule has 1 aliphatic heterocycles. The van der Waals surface area contributed by atoms with Gasteiger partial charge in [0.1, 0.15) is 0 Å². The number of carbonyl (C=O) groups is 2. The van der Waals surface area contributed by atoms with Crippen LogP contribution in [0.1, 0.15) is 35.2 Å². The third-order valence-electron chi connectivity index (χ3n) is 5.37. The molecular weight excluding hydrogens is 432 g/mol. The van der Waals surface area contributed by atoms with Crippen LogP contribution in [0.15, 0.2) is 53.7 Å². The van der Waals surface area contributed by atoms with Crippen LogP contribution in [0.4, 0.5) is 0 Å². The summed E-state index contributed by atoms with van der Waals surface area (Å²) in [6.07, 6.45) is 2.35. The van der Waals surface area contributed by atoms with Gasteiger partial charge in [-0.25, -0.2) is 0 Å². The second kappa shape index (κ2) is 9.24. The number of carbonyl (C=O) groups excluding carboxylic acids is 2. The number of aryl methyl sites for hydroxylation is 1. The van der Waals surface area contributed by atoms with Crippen LogP contribution in [-0.4, -0.2) is 43.3 Å². The number of aromatic nitrogens is 3. The minimum Gasteiger partial charge on any atom is -0.305 e. The van der Waals surface area contributed by atoms with Crippen molar-refractivity contribution in [3.63, 3.8) is 0 Å². The predicted octanol–water partition coefficient (Wildman–Crippen LogP) is 4.76. The fourth-order valence-electron chi connectivity index (χ4n) is 3.57. The molecule has 2 amide bonds. The van der Waals surface area contributed by atoms with Crippen molar-refractivity contribution in [3.8, 4) is 11.4 Å². The Morgan fingerprint density at radius 1 is 1.06 bits per heavy atom. The molecule has 160 valence electrons. The highest BCUT2D eigenvalue weighted by Gasteiger charge is 2.33. The lowest BCUT2D eigenvalue weighted by molar-refractivity contribution is -0.127. The Kier molecular flexibility index (Phi) is 6.43. The molecule has 0 saturated carbocycles. The SMILES string of the molecule is Cc1ccc(-c2nnc(SC3CCCCN(C(=O)c4ccc(Cl)cc4)C3=O)n2C)cc1. The molecule has 6 nitrogen and oxygen atoms in total. The Morgan fingerprint density at radius 3 is 2.48 bits per heavy atom. The van der Waals surface area contributed by atoms with E-state index in [4.69, 9.17) is 11.6 Å². The second-order valence-corrected chi connectivity index (χ2v) is 9.24. The minimum absolute atomic E-state index is 0.178. The summed E-state index contributed by atoms with van der Waals surface area (Å²) in [6.45, 7) is 2.46. The maximum atomic E-state index is 13.3. The highest BCUT2D eigenvalue weighted by atomic mass is 35.5. The quantitative estimate of drug-likeness (QED) is 0.532. The molecule has 0 aliphatic carbocycles. The molecule has 1 atom stereocenters. The van der Waals surface area contributed by atoms with Gasteiger partial charge in [0.05, 0.1) is 5.25 Å². The molecule has 1 aromatic heterocycles. The van der Waals surface area contributed by atoms with Crippen LogP contribution < -0.4 is 0 Å². The first-order valence-electron chi connectivity index (χ1n) is 10.2. The van der Waals surface area contributed by atoms with Gasteiger partial charge in [0.2, 0.25) is 5.91 Å². The van der Waals surface area contributed by atoms with Crippen molar-refractivity contribution in [3.05, 3.63) is 64.7 Å². The lowest BCUT2D eigenvalue weighted by atomic mass is 10.1. The summed E-state index contributed by atoms with van der Waals surface area (Å²) in [7, 11) is 1.90. The fourth-order valence-corrected chi connectivity index (χ4v) is 4.79. The zero-order valence-corrected chi connectivity index (χ0v) is 19.0. The molecule has 1 saturated heterocycles. The minimum atomic E-state index is -0.382. The van der Waals surface area contributed by atoms with Crippen molar-refractivity contribution in [2.45, 2.75) is 36.6 Å². The molecule has 0 N–H and O–H groups in total. The molecule has 4 rings (SSSR count). The largest absolute Gasteiger partial charge is 0.305 e. The number of hydrogen-bond donors (Lipinski definition) is 0. The van der Waals surface area contributed by atoms with Crippen molar-refractivity contribution in [2.24, 2.45) is 7.05 Å². The molecule has 2 heterocycles. The lowest BCUT2D eigenvalue weighted by Crippen LogP contribution is -2.41. The topological polar surface area (TPSA) is 68.1 Å². The maximum Gasteiger partial charge on any atom is 0.260 e. The second-order valence-electron chi connectivity index (χ2n) is 7.64. The molecule has 1 aliphatic rings. The number of imide groups is 1. The van der Waals surface area contributed by atoms with E-state index in [0.29, 0.717) is 28.7 Å². The number of nitrogens with zero attached hydrogens (tertiary/aromatic N) is 4. The predicted molar refractivity (Wildman–Crippen MR) is 122 cm³/mol. The van der Waals surface area contributed by atoms with E-state index in [9.17, 15) is 9.59 Å². The van der Waals surface area contributed by atoms with Gasteiger partial charge in [-0.2, -0.15) is 0 Å².